The molecule has 0 fully saturated rings. The van der Waals surface area contributed by atoms with E-state index in [0.717, 1.165) is 12.1 Å². The molecule has 0 aliphatic carbocycles. The number of hydrogen-bond acceptors (Lipinski definition) is 3. The zero-order chi connectivity index (χ0) is 16.5. The van der Waals surface area contributed by atoms with E-state index in [9.17, 15) is 13.2 Å². The molecule has 0 spiro atoms. The number of nitrogens with one attached hydrogen (secondary N) is 1. The first-order chi connectivity index (χ1) is 10.2. The van der Waals surface area contributed by atoms with Crippen molar-refractivity contribution in [2.75, 3.05) is 13.2 Å². The van der Waals surface area contributed by atoms with E-state index in [0.29, 0.717) is 23.4 Å². The summed E-state index contributed by atoms with van der Waals surface area (Å²) in [5, 5.41) is 12.3. The van der Waals surface area contributed by atoms with Gasteiger partial charge in [-0.2, -0.15) is 13.2 Å². The molecule has 0 radical (unpaired) electrons. The SMILES string of the molecule is C[C@@H](CO)CN[C@H](C)c1nc2cc(C(F)(F)F)ccc2n1C. The lowest BCUT2D eigenvalue weighted by atomic mass is 10.2. The summed E-state index contributed by atoms with van der Waals surface area (Å²) in [7, 11) is 1.78. The van der Waals surface area contributed by atoms with Crippen LogP contribution in [0.5, 0.6) is 0 Å². The van der Waals surface area contributed by atoms with E-state index in [2.05, 4.69) is 10.3 Å². The predicted molar refractivity (Wildman–Crippen MR) is 78.4 cm³/mol. The summed E-state index contributed by atoms with van der Waals surface area (Å²) in [5.74, 6) is 0.772. The van der Waals surface area contributed by atoms with Gasteiger partial charge in [-0.3, -0.25) is 0 Å². The third kappa shape index (κ3) is 3.41. The third-order valence-corrected chi connectivity index (χ3v) is 3.71. The number of aliphatic hydroxyl groups is 1. The van der Waals surface area contributed by atoms with Crippen LogP contribution in [0.3, 0.4) is 0 Å². The summed E-state index contributed by atoms with van der Waals surface area (Å²) < 4.78 is 40.1. The smallest absolute Gasteiger partial charge is 0.396 e. The Hall–Kier alpha value is -1.60. The Bertz CT molecular complexity index is 651. The van der Waals surface area contributed by atoms with Gasteiger partial charge in [0.2, 0.25) is 0 Å². The number of nitrogens with zero attached hydrogens (tertiary/aromatic N) is 2. The molecule has 2 atom stereocenters. The van der Waals surface area contributed by atoms with Gasteiger partial charge in [-0.1, -0.05) is 6.92 Å². The molecule has 7 heteroatoms. The predicted octanol–water partition coefficient (Wildman–Crippen LogP) is 2.87. The quantitative estimate of drug-likeness (QED) is 0.892. The van der Waals surface area contributed by atoms with Gasteiger partial charge < -0.3 is 15.0 Å². The number of benzene rings is 1. The molecule has 1 aromatic heterocycles. The number of aromatic nitrogens is 2. The van der Waals surface area contributed by atoms with Crippen LogP contribution in [-0.2, 0) is 13.2 Å². The third-order valence-electron chi connectivity index (χ3n) is 3.71. The molecule has 0 aliphatic heterocycles. The zero-order valence-corrected chi connectivity index (χ0v) is 12.8. The number of alkyl halides is 3. The molecule has 2 aromatic rings. The molecule has 1 aromatic carbocycles. The Morgan fingerprint density at radius 3 is 2.59 bits per heavy atom. The highest BCUT2D eigenvalue weighted by atomic mass is 19.4. The maximum absolute atomic E-state index is 12.8. The van der Waals surface area contributed by atoms with E-state index in [1.165, 1.54) is 6.07 Å². The van der Waals surface area contributed by atoms with Gasteiger partial charge in [-0.25, -0.2) is 4.98 Å². The van der Waals surface area contributed by atoms with Crippen molar-refractivity contribution in [3.05, 3.63) is 29.6 Å². The van der Waals surface area contributed by atoms with Crippen molar-refractivity contribution >= 4 is 11.0 Å². The van der Waals surface area contributed by atoms with Gasteiger partial charge in [0, 0.05) is 20.2 Å². The second-order valence-corrected chi connectivity index (χ2v) is 5.65. The molecule has 0 saturated carbocycles. The fourth-order valence-corrected chi connectivity index (χ4v) is 2.32. The van der Waals surface area contributed by atoms with Gasteiger partial charge in [-0.05, 0) is 31.0 Å². The summed E-state index contributed by atoms with van der Waals surface area (Å²) >= 11 is 0. The van der Waals surface area contributed by atoms with Gasteiger partial charge >= 0.3 is 6.18 Å². The molecule has 0 bridgehead atoms. The highest BCUT2D eigenvalue weighted by molar-refractivity contribution is 5.77. The standard InChI is InChI=1S/C15H20F3N3O/c1-9(8-22)7-19-10(2)14-20-12-6-11(15(16,17)18)4-5-13(12)21(14)3/h4-6,9-10,19,22H,7-8H2,1-3H3/t9-,10-/m1/s1. The first-order valence-electron chi connectivity index (χ1n) is 7.11. The second-order valence-electron chi connectivity index (χ2n) is 5.65. The molecule has 2 N–H and O–H groups in total. The molecule has 0 saturated heterocycles. The van der Waals surface area contributed by atoms with Crippen molar-refractivity contribution in [1.29, 1.82) is 0 Å². The van der Waals surface area contributed by atoms with E-state index in [1.807, 2.05) is 13.8 Å². The van der Waals surface area contributed by atoms with Crippen LogP contribution in [0, 0.1) is 5.92 Å². The van der Waals surface area contributed by atoms with E-state index < -0.39 is 11.7 Å². The number of hydrogen-bond donors (Lipinski definition) is 2. The minimum atomic E-state index is -4.37. The Balaban J connectivity index is 2.29. The average molecular weight is 315 g/mol. The minimum Gasteiger partial charge on any atom is -0.396 e. The number of aliphatic hydroxyl groups excluding tert-OH is 1. The molecule has 22 heavy (non-hydrogen) atoms. The van der Waals surface area contributed by atoms with Crippen LogP contribution in [-0.4, -0.2) is 27.8 Å². The van der Waals surface area contributed by atoms with Crippen LogP contribution in [0.25, 0.3) is 11.0 Å². The van der Waals surface area contributed by atoms with E-state index in [4.69, 9.17) is 5.11 Å². The van der Waals surface area contributed by atoms with Crippen LogP contribution in [0.1, 0.15) is 31.3 Å². The lowest BCUT2D eigenvalue weighted by Crippen LogP contribution is -2.27. The monoisotopic (exact) mass is 315 g/mol. The summed E-state index contributed by atoms with van der Waals surface area (Å²) in [6, 6.07) is 3.46. The largest absolute Gasteiger partial charge is 0.416 e. The molecular weight excluding hydrogens is 295 g/mol. The molecule has 4 nitrogen and oxygen atoms in total. The number of halogens is 3. The van der Waals surface area contributed by atoms with Crippen LogP contribution in [0.15, 0.2) is 18.2 Å². The molecule has 2 rings (SSSR count). The average Bonchev–Trinajstić information content (AvgIpc) is 2.80. The van der Waals surface area contributed by atoms with Gasteiger partial charge in [-0.15, -0.1) is 0 Å². The molecule has 1 heterocycles. The van der Waals surface area contributed by atoms with Gasteiger partial charge in [0.15, 0.2) is 0 Å². The van der Waals surface area contributed by atoms with Crippen molar-refractivity contribution in [3.8, 4) is 0 Å². The van der Waals surface area contributed by atoms with Gasteiger partial charge in [0.1, 0.15) is 5.82 Å². The summed E-state index contributed by atoms with van der Waals surface area (Å²) in [6.45, 7) is 4.49. The molecule has 0 unspecified atom stereocenters. The summed E-state index contributed by atoms with van der Waals surface area (Å²) in [4.78, 5) is 4.33. The van der Waals surface area contributed by atoms with E-state index in [1.54, 1.807) is 11.6 Å². The van der Waals surface area contributed by atoms with Crippen LogP contribution in [0.2, 0.25) is 0 Å². The fraction of sp³-hybridized carbons (Fsp3) is 0.533. The van der Waals surface area contributed by atoms with E-state index in [-0.39, 0.29) is 18.6 Å². The Morgan fingerprint density at radius 1 is 1.32 bits per heavy atom. The zero-order valence-electron chi connectivity index (χ0n) is 12.8. The molecule has 0 amide bonds. The first-order valence-corrected chi connectivity index (χ1v) is 7.11. The molecule has 0 aliphatic rings. The van der Waals surface area contributed by atoms with Crippen molar-refractivity contribution in [1.82, 2.24) is 14.9 Å². The summed E-state index contributed by atoms with van der Waals surface area (Å²) in [5.41, 5.74) is 0.294. The van der Waals surface area contributed by atoms with Gasteiger partial charge in [0.05, 0.1) is 22.6 Å². The van der Waals surface area contributed by atoms with Gasteiger partial charge in [0.25, 0.3) is 0 Å². The second kappa shape index (κ2) is 6.26. The minimum absolute atomic E-state index is 0.0806. The number of rotatable bonds is 5. The Morgan fingerprint density at radius 2 is 2.00 bits per heavy atom. The number of fused-ring (bicyclic) bond motifs is 1. The molecular formula is C15H20F3N3O. The lowest BCUT2D eigenvalue weighted by molar-refractivity contribution is -0.137. The summed E-state index contributed by atoms with van der Waals surface area (Å²) in [6.07, 6.45) is -4.37. The van der Waals surface area contributed by atoms with Crippen LogP contribution < -0.4 is 5.32 Å². The van der Waals surface area contributed by atoms with E-state index >= 15 is 0 Å². The lowest BCUT2D eigenvalue weighted by Gasteiger charge is -2.16. The topological polar surface area (TPSA) is 50.1 Å². The van der Waals surface area contributed by atoms with Crippen molar-refractivity contribution < 1.29 is 18.3 Å². The van der Waals surface area contributed by atoms with Crippen LogP contribution >= 0.6 is 0 Å². The first kappa shape index (κ1) is 16.8. The maximum atomic E-state index is 12.8. The Labute approximate surface area is 127 Å². The number of imidazole rings is 1. The normalized spacial score (nSPS) is 15.2. The maximum Gasteiger partial charge on any atom is 0.416 e. The fourth-order valence-electron chi connectivity index (χ4n) is 2.32. The van der Waals surface area contributed by atoms with Crippen molar-refractivity contribution in [2.24, 2.45) is 13.0 Å². The van der Waals surface area contributed by atoms with Crippen LogP contribution in [0.4, 0.5) is 13.2 Å². The Kier molecular flexibility index (Phi) is 4.77. The van der Waals surface area contributed by atoms with Crippen molar-refractivity contribution in [3.63, 3.8) is 0 Å². The number of aryl methyl sites for hydroxylation is 1. The molecule has 122 valence electrons. The highest BCUT2D eigenvalue weighted by Gasteiger charge is 2.31. The highest BCUT2D eigenvalue weighted by Crippen LogP contribution is 2.31. The van der Waals surface area contributed by atoms with Crippen molar-refractivity contribution in [2.45, 2.75) is 26.1 Å².